The van der Waals surface area contributed by atoms with Crippen molar-refractivity contribution < 1.29 is 24.2 Å². The molecule has 29 heavy (non-hydrogen) atoms. The van der Waals surface area contributed by atoms with Gasteiger partial charge in [0.05, 0.1) is 29.3 Å². The fraction of sp³-hybridized carbons (Fsp3) is 0.421. The SMILES string of the molecule is Cc1ccc(COC(=O)c2cnn(C[C@]3(C)S[C@H]4CC(=O)N4[C@H]3C(=O)O)n2)cc1. The third-order valence-electron chi connectivity index (χ3n) is 5.13. The van der Waals surface area contributed by atoms with Gasteiger partial charge in [0.1, 0.15) is 12.6 Å². The number of β-lactam (4-membered cyclic amide) rings is 1. The van der Waals surface area contributed by atoms with E-state index in [0.29, 0.717) is 6.42 Å². The molecule has 4 rings (SSSR count). The molecule has 9 nitrogen and oxygen atoms in total. The highest BCUT2D eigenvalue weighted by atomic mass is 32.2. The molecule has 2 aliphatic heterocycles. The van der Waals surface area contributed by atoms with E-state index in [9.17, 15) is 19.5 Å². The van der Waals surface area contributed by atoms with Crippen LogP contribution in [0.15, 0.2) is 30.5 Å². The van der Waals surface area contributed by atoms with Gasteiger partial charge in [0.15, 0.2) is 5.69 Å². The van der Waals surface area contributed by atoms with Gasteiger partial charge in [0, 0.05) is 0 Å². The number of nitrogens with zero attached hydrogens (tertiary/aromatic N) is 4. The Bertz CT molecular complexity index is 975. The first kappa shape index (κ1) is 19.4. The first-order valence-corrected chi connectivity index (χ1v) is 9.99. The smallest absolute Gasteiger partial charge is 0.360 e. The van der Waals surface area contributed by atoms with E-state index >= 15 is 0 Å². The Morgan fingerprint density at radius 2 is 2.07 bits per heavy atom. The second kappa shape index (κ2) is 7.18. The van der Waals surface area contributed by atoms with Gasteiger partial charge in [0.2, 0.25) is 5.91 Å². The number of aromatic nitrogens is 3. The van der Waals surface area contributed by atoms with Crippen LogP contribution in [0, 0.1) is 6.92 Å². The number of benzene rings is 1. The minimum Gasteiger partial charge on any atom is -0.480 e. The van der Waals surface area contributed by atoms with E-state index in [0.717, 1.165) is 11.1 Å². The Morgan fingerprint density at radius 3 is 2.72 bits per heavy atom. The van der Waals surface area contributed by atoms with Crippen LogP contribution in [0.2, 0.25) is 0 Å². The van der Waals surface area contributed by atoms with Crippen molar-refractivity contribution in [1.82, 2.24) is 19.9 Å². The number of amides is 1. The van der Waals surface area contributed by atoms with E-state index in [1.807, 2.05) is 31.2 Å². The quantitative estimate of drug-likeness (QED) is 0.556. The highest BCUT2D eigenvalue weighted by Crippen LogP contribution is 2.51. The average molecular weight is 416 g/mol. The zero-order valence-electron chi connectivity index (χ0n) is 15.9. The summed E-state index contributed by atoms with van der Waals surface area (Å²) in [5.41, 5.74) is 2.03. The van der Waals surface area contributed by atoms with Gasteiger partial charge in [-0.25, -0.2) is 9.59 Å². The minimum atomic E-state index is -1.06. The first-order valence-electron chi connectivity index (χ1n) is 9.11. The number of carbonyl (C=O) groups excluding carboxylic acids is 2. The van der Waals surface area contributed by atoms with Gasteiger partial charge in [0.25, 0.3) is 0 Å². The summed E-state index contributed by atoms with van der Waals surface area (Å²) >= 11 is 1.43. The largest absolute Gasteiger partial charge is 0.480 e. The molecule has 2 saturated heterocycles. The number of carbonyl (C=O) groups is 3. The lowest BCUT2D eigenvalue weighted by atomic mass is 9.96. The van der Waals surface area contributed by atoms with E-state index in [1.165, 1.54) is 27.7 Å². The molecule has 0 spiro atoms. The Balaban J connectivity index is 1.42. The highest BCUT2D eigenvalue weighted by Gasteiger charge is 2.61. The molecular formula is C19H20N4O5S. The lowest BCUT2D eigenvalue weighted by Crippen LogP contribution is -2.58. The van der Waals surface area contributed by atoms with Gasteiger partial charge in [-0.05, 0) is 19.4 Å². The van der Waals surface area contributed by atoms with Crippen LogP contribution in [0.1, 0.15) is 35.0 Å². The van der Waals surface area contributed by atoms with Gasteiger partial charge in [-0.1, -0.05) is 29.8 Å². The molecule has 3 heterocycles. The van der Waals surface area contributed by atoms with Gasteiger partial charge in [-0.3, -0.25) is 4.79 Å². The number of thioether (sulfide) groups is 1. The van der Waals surface area contributed by atoms with E-state index < -0.39 is 22.7 Å². The molecule has 1 aromatic carbocycles. The van der Waals surface area contributed by atoms with Crippen LogP contribution in [0.4, 0.5) is 0 Å². The van der Waals surface area contributed by atoms with Crippen molar-refractivity contribution in [2.24, 2.45) is 0 Å². The molecule has 0 aliphatic carbocycles. The van der Waals surface area contributed by atoms with Crippen molar-refractivity contribution in [3.05, 3.63) is 47.3 Å². The predicted molar refractivity (Wildman–Crippen MR) is 103 cm³/mol. The summed E-state index contributed by atoms with van der Waals surface area (Å²) < 4.78 is 4.47. The molecular weight excluding hydrogens is 396 g/mol. The molecule has 2 aliphatic rings. The lowest BCUT2D eigenvalue weighted by molar-refractivity contribution is -0.157. The maximum atomic E-state index is 12.3. The number of fused-ring (bicyclic) bond motifs is 1. The van der Waals surface area contributed by atoms with E-state index in [2.05, 4.69) is 10.2 Å². The topological polar surface area (TPSA) is 115 Å². The highest BCUT2D eigenvalue weighted by molar-refractivity contribution is 8.01. The second-order valence-electron chi connectivity index (χ2n) is 7.45. The number of aliphatic carboxylic acids is 1. The number of hydrogen-bond acceptors (Lipinski definition) is 7. The van der Waals surface area contributed by atoms with Crippen LogP contribution >= 0.6 is 11.8 Å². The van der Waals surface area contributed by atoms with Crippen molar-refractivity contribution in [2.75, 3.05) is 0 Å². The molecule has 10 heteroatoms. The number of carboxylic acid groups (broad SMARTS) is 1. The summed E-state index contributed by atoms with van der Waals surface area (Å²) in [6.07, 6.45) is 1.64. The van der Waals surface area contributed by atoms with Crippen LogP contribution in [0.3, 0.4) is 0 Å². The third kappa shape index (κ3) is 3.59. The Morgan fingerprint density at radius 1 is 1.34 bits per heavy atom. The van der Waals surface area contributed by atoms with Crippen molar-refractivity contribution in [2.45, 2.75) is 49.6 Å². The van der Waals surface area contributed by atoms with Gasteiger partial charge >= 0.3 is 11.9 Å². The average Bonchev–Trinajstić information content (AvgIpc) is 3.21. The normalized spacial score (nSPS) is 25.4. The molecule has 1 N–H and O–H groups in total. The van der Waals surface area contributed by atoms with Crippen molar-refractivity contribution in [3.8, 4) is 0 Å². The molecule has 0 saturated carbocycles. The lowest BCUT2D eigenvalue weighted by Gasteiger charge is -2.36. The zero-order valence-corrected chi connectivity index (χ0v) is 16.8. The van der Waals surface area contributed by atoms with Gasteiger partial charge < -0.3 is 14.7 Å². The summed E-state index contributed by atoms with van der Waals surface area (Å²) in [7, 11) is 0. The number of aryl methyl sites for hydroxylation is 1. The number of ether oxygens (including phenoxy) is 1. The first-order chi connectivity index (χ1) is 13.8. The molecule has 1 amide bonds. The number of carboxylic acids is 1. The molecule has 0 unspecified atom stereocenters. The fourth-order valence-electron chi connectivity index (χ4n) is 3.64. The van der Waals surface area contributed by atoms with Crippen LogP contribution in [0.25, 0.3) is 0 Å². The van der Waals surface area contributed by atoms with Crippen molar-refractivity contribution in [1.29, 1.82) is 0 Å². The maximum absolute atomic E-state index is 12.3. The molecule has 3 atom stereocenters. The molecule has 0 radical (unpaired) electrons. The van der Waals surface area contributed by atoms with E-state index in [4.69, 9.17) is 4.74 Å². The summed E-state index contributed by atoms with van der Waals surface area (Å²) in [5, 5.41) is 17.7. The molecule has 0 bridgehead atoms. The van der Waals surface area contributed by atoms with Gasteiger partial charge in [-0.15, -0.1) is 16.9 Å². The Hall–Kier alpha value is -2.88. The Kier molecular flexibility index (Phi) is 4.81. The summed E-state index contributed by atoms with van der Waals surface area (Å²) in [6, 6.07) is 6.68. The number of esters is 1. The third-order valence-corrected chi connectivity index (χ3v) is 6.69. The zero-order chi connectivity index (χ0) is 20.8. The fourth-order valence-corrected chi connectivity index (χ4v) is 5.37. The predicted octanol–water partition coefficient (Wildman–Crippen LogP) is 1.46. The molecule has 152 valence electrons. The van der Waals surface area contributed by atoms with Crippen molar-refractivity contribution >= 4 is 29.6 Å². The summed E-state index contributed by atoms with van der Waals surface area (Å²) in [5.74, 6) is -1.82. The van der Waals surface area contributed by atoms with Gasteiger partial charge in [-0.2, -0.15) is 9.90 Å². The molecule has 1 aromatic heterocycles. The molecule has 2 aromatic rings. The maximum Gasteiger partial charge on any atom is 0.360 e. The second-order valence-corrected chi connectivity index (χ2v) is 9.17. The summed E-state index contributed by atoms with van der Waals surface area (Å²) in [6.45, 7) is 4.03. The van der Waals surface area contributed by atoms with E-state index in [1.54, 1.807) is 6.92 Å². The number of rotatable bonds is 6. The van der Waals surface area contributed by atoms with Crippen LogP contribution in [-0.2, 0) is 27.5 Å². The van der Waals surface area contributed by atoms with E-state index in [-0.39, 0.29) is 30.1 Å². The number of hydrogen-bond donors (Lipinski definition) is 1. The van der Waals surface area contributed by atoms with Crippen LogP contribution in [0.5, 0.6) is 0 Å². The minimum absolute atomic E-state index is 0.0509. The van der Waals surface area contributed by atoms with Crippen LogP contribution < -0.4 is 0 Å². The Labute approximate surface area is 171 Å². The summed E-state index contributed by atoms with van der Waals surface area (Å²) in [4.78, 5) is 38.5. The van der Waals surface area contributed by atoms with Crippen LogP contribution in [-0.4, -0.2) is 59.0 Å². The van der Waals surface area contributed by atoms with Crippen molar-refractivity contribution in [3.63, 3.8) is 0 Å². The monoisotopic (exact) mass is 416 g/mol. The standard InChI is InChI=1S/C19H20N4O5S/c1-11-3-5-12(6-4-11)9-28-18(27)13-8-20-22(21-13)10-19(2)16(17(25)26)23-14(24)7-15(23)29-19/h3-6,8,15-16H,7,9-10H2,1-2H3,(H,25,26)/t15-,16-,19-/m0/s1. The molecule has 2 fully saturated rings.